The lowest BCUT2D eigenvalue weighted by molar-refractivity contribution is -0.0580. The van der Waals surface area contributed by atoms with Gasteiger partial charge < -0.3 is 5.73 Å². The Labute approximate surface area is 107 Å². The lowest BCUT2D eigenvalue weighted by atomic mass is 10.1. The normalized spacial score (nSPS) is 14.4. The molecule has 3 nitrogen and oxygen atoms in total. The predicted octanol–water partition coefficient (Wildman–Crippen LogP) is 2.97. The van der Waals surface area contributed by atoms with Gasteiger partial charge in [-0.1, -0.05) is 11.6 Å². The van der Waals surface area contributed by atoms with Crippen LogP contribution in [-0.2, 0) is 0 Å². The summed E-state index contributed by atoms with van der Waals surface area (Å²) in [6.45, 7) is 1.45. The van der Waals surface area contributed by atoms with Crippen molar-refractivity contribution in [3.8, 4) is 0 Å². The highest BCUT2D eigenvalue weighted by Gasteiger charge is 2.38. The molecule has 1 heterocycles. The summed E-state index contributed by atoms with van der Waals surface area (Å²) in [5, 5.41) is -0.601. The first-order valence-corrected chi connectivity index (χ1v) is 5.43. The van der Waals surface area contributed by atoms with Crippen LogP contribution in [0.3, 0.4) is 0 Å². The van der Waals surface area contributed by atoms with Crippen LogP contribution in [0.25, 0.3) is 5.70 Å². The fourth-order valence-corrected chi connectivity index (χ4v) is 1.50. The highest BCUT2D eigenvalue weighted by atomic mass is 35.5. The summed E-state index contributed by atoms with van der Waals surface area (Å²) in [5.41, 5.74) is 4.63. The Bertz CT molecular complexity index is 466. The van der Waals surface area contributed by atoms with Crippen molar-refractivity contribution in [1.29, 1.82) is 0 Å². The van der Waals surface area contributed by atoms with E-state index in [0.29, 0.717) is 5.56 Å². The Morgan fingerprint density at radius 3 is 2.39 bits per heavy atom. The van der Waals surface area contributed by atoms with Crippen molar-refractivity contribution < 1.29 is 13.2 Å². The van der Waals surface area contributed by atoms with Crippen molar-refractivity contribution in [1.82, 2.24) is 4.98 Å². The first kappa shape index (κ1) is 14.5. The van der Waals surface area contributed by atoms with Crippen LogP contribution in [0.5, 0.6) is 0 Å². The van der Waals surface area contributed by atoms with E-state index in [1.54, 1.807) is 0 Å². The van der Waals surface area contributed by atoms with Crippen molar-refractivity contribution in [2.75, 3.05) is 6.54 Å². The fraction of sp³-hybridized carbons (Fsp3) is 0.273. The molecule has 0 bridgehead atoms. The van der Waals surface area contributed by atoms with E-state index < -0.39 is 16.9 Å². The maximum Gasteiger partial charge on any atom is 0.434 e. The standard InChI is InChI=1S/C11H11ClF3N3/c1-2-18-10(11(13,14)15)8(12)9(16)7-3-5-17-6-4-7/h3-6H,2,16H2,1H3. The molecule has 0 radical (unpaired) electrons. The van der Waals surface area contributed by atoms with E-state index in [1.807, 2.05) is 0 Å². The van der Waals surface area contributed by atoms with Crippen LogP contribution in [0, 0.1) is 0 Å². The van der Waals surface area contributed by atoms with Crippen LogP contribution in [0.2, 0.25) is 0 Å². The van der Waals surface area contributed by atoms with Crippen LogP contribution < -0.4 is 5.73 Å². The largest absolute Gasteiger partial charge is 0.434 e. The Balaban J connectivity index is 3.25. The highest BCUT2D eigenvalue weighted by molar-refractivity contribution is 6.47. The molecule has 0 fully saturated rings. The second kappa shape index (κ2) is 5.86. The third-order valence-corrected chi connectivity index (χ3v) is 2.40. The number of hydrogen-bond donors (Lipinski definition) is 1. The lowest BCUT2D eigenvalue weighted by Crippen LogP contribution is -2.25. The molecule has 1 aromatic rings. The molecule has 0 aromatic carbocycles. The number of aromatic nitrogens is 1. The first-order valence-electron chi connectivity index (χ1n) is 5.05. The zero-order valence-corrected chi connectivity index (χ0v) is 10.3. The molecule has 18 heavy (non-hydrogen) atoms. The predicted molar refractivity (Wildman–Crippen MR) is 65.2 cm³/mol. The number of alkyl halides is 3. The SMILES string of the molecule is CCN=C(C(Cl)=C(N)c1ccncc1)C(F)(F)F. The van der Waals surface area contributed by atoms with Gasteiger partial charge in [-0.2, -0.15) is 13.2 Å². The Kier molecular flexibility index (Phi) is 4.72. The topological polar surface area (TPSA) is 51.3 Å². The number of halogens is 4. The number of hydrogen-bond acceptors (Lipinski definition) is 3. The van der Waals surface area contributed by atoms with Gasteiger partial charge in [-0.3, -0.25) is 9.98 Å². The van der Waals surface area contributed by atoms with Crippen molar-refractivity contribution in [3.63, 3.8) is 0 Å². The van der Waals surface area contributed by atoms with Crippen LogP contribution in [0.1, 0.15) is 12.5 Å². The summed E-state index contributed by atoms with van der Waals surface area (Å²) in [7, 11) is 0. The fourth-order valence-electron chi connectivity index (χ4n) is 1.23. The first-order chi connectivity index (χ1) is 8.38. The Morgan fingerprint density at radius 2 is 1.94 bits per heavy atom. The van der Waals surface area contributed by atoms with Crippen LogP contribution >= 0.6 is 11.6 Å². The average Bonchev–Trinajstić information content (AvgIpc) is 2.34. The van der Waals surface area contributed by atoms with Crippen molar-refractivity contribution in [2.24, 2.45) is 10.7 Å². The third kappa shape index (κ3) is 3.46. The number of rotatable bonds is 3. The van der Waals surface area contributed by atoms with Crippen LogP contribution in [0.4, 0.5) is 13.2 Å². The van der Waals surface area contributed by atoms with E-state index in [9.17, 15) is 13.2 Å². The van der Waals surface area contributed by atoms with Gasteiger partial charge in [0.15, 0.2) is 5.71 Å². The summed E-state index contributed by atoms with van der Waals surface area (Å²) >= 11 is 5.68. The number of allylic oxidation sites excluding steroid dienone is 1. The molecule has 0 spiro atoms. The van der Waals surface area contributed by atoms with Crippen molar-refractivity contribution >= 4 is 23.0 Å². The van der Waals surface area contributed by atoms with Gasteiger partial charge in [0, 0.05) is 24.5 Å². The van der Waals surface area contributed by atoms with Gasteiger partial charge in [0.05, 0.1) is 10.7 Å². The average molecular weight is 278 g/mol. The molecule has 1 aromatic heterocycles. The molecule has 0 aliphatic carbocycles. The maximum atomic E-state index is 12.7. The Hall–Kier alpha value is -1.56. The quantitative estimate of drug-likeness (QED) is 0.864. The highest BCUT2D eigenvalue weighted by Crippen LogP contribution is 2.28. The molecule has 0 aliphatic rings. The summed E-state index contributed by atoms with van der Waals surface area (Å²) in [6, 6.07) is 2.94. The molecule has 98 valence electrons. The number of aliphatic imine (C=N–C) groups is 1. The van der Waals surface area contributed by atoms with Gasteiger partial charge >= 0.3 is 6.18 Å². The monoisotopic (exact) mass is 277 g/mol. The van der Waals surface area contributed by atoms with Crippen molar-refractivity contribution in [3.05, 3.63) is 35.1 Å². The summed E-state index contributed by atoms with van der Waals surface area (Å²) in [5.74, 6) is 0. The number of nitrogens with two attached hydrogens (primary N) is 1. The van der Waals surface area contributed by atoms with Gasteiger partial charge in [0.25, 0.3) is 0 Å². The minimum atomic E-state index is -4.63. The second-order valence-corrected chi connectivity index (χ2v) is 3.66. The molecule has 0 saturated heterocycles. The van der Waals surface area contributed by atoms with Crippen molar-refractivity contribution in [2.45, 2.75) is 13.1 Å². The zero-order chi connectivity index (χ0) is 13.8. The van der Waals surface area contributed by atoms with Crippen LogP contribution in [0.15, 0.2) is 34.6 Å². The summed E-state index contributed by atoms with van der Waals surface area (Å²) in [4.78, 5) is 7.09. The van der Waals surface area contributed by atoms with Gasteiger partial charge in [-0.15, -0.1) is 0 Å². The van der Waals surface area contributed by atoms with E-state index in [-0.39, 0.29) is 12.2 Å². The van der Waals surface area contributed by atoms with Gasteiger partial charge in [0.1, 0.15) is 0 Å². The van der Waals surface area contributed by atoms with Gasteiger partial charge in [0.2, 0.25) is 0 Å². The minimum Gasteiger partial charge on any atom is -0.397 e. The van der Waals surface area contributed by atoms with E-state index in [2.05, 4.69) is 9.98 Å². The summed E-state index contributed by atoms with van der Waals surface area (Å²) < 4.78 is 38.1. The minimum absolute atomic E-state index is 0.0330. The molecule has 7 heteroatoms. The molecular formula is C11H11ClF3N3. The Morgan fingerprint density at radius 1 is 1.39 bits per heavy atom. The van der Waals surface area contributed by atoms with E-state index in [1.165, 1.54) is 31.5 Å². The van der Waals surface area contributed by atoms with E-state index >= 15 is 0 Å². The third-order valence-electron chi connectivity index (χ3n) is 2.02. The second-order valence-electron chi connectivity index (χ2n) is 3.28. The lowest BCUT2D eigenvalue weighted by Gasteiger charge is -2.12. The molecule has 0 amide bonds. The van der Waals surface area contributed by atoms with Crippen LogP contribution in [-0.4, -0.2) is 23.4 Å². The summed E-state index contributed by atoms with van der Waals surface area (Å²) in [6.07, 6.45) is -1.81. The van der Waals surface area contributed by atoms with Gasteiger partial charge in [-0.05, 0) is 19.1 Å². The van der Waals surface area contributed by atoms with E-state index in [0.717, 1.165) is 0 Å². The molecule has 2 N–H and O–H groups in total. The molecule has 0 unspecified atom stereocenters. The number of pyridine rings is 1. The molecule has 0 saturated carbocycles. The number of nitrogens with zero attached hydrogens (tertiary/aromatic N) is 2. The van der Waals surface area contributed by atoms with E-state index in [4.69, 9.17) is 17.3 Å². The maximum absolute atomic E-state index is 12.7. The molecule has 0 aliphatic heterocycles. The molecular weight excluding hydrogens is 267 g/mol. The van der Waals surface area contributed by atoms with Gasteiger partial charge in [-0.25, -0.2) is 0 Å². The molecule has 0 atom stereocenters. The molecule has 1 rings (SSSR count). The zero-order valence-electron chi connectivity index (χ0n) is 9.50. The smallest absolute Gasteiger partial charge is 0.397 e.